The van der Waals surface area contributed by atoms with Gasteiger partial charge in [0, 0.05) is 43.2 Å². The fourth-order valence-corrected chi connectivity index (χ4v) is 5.74. The number of aromatic nitrogens is 2. The summed E-state index contributed by atoms with van der Waals surface area (Å²) in [6, 6.07) is 19.0. The number of hydrogen-bond donors (Lipinski definition) is 0. The third-order valence-electron chi connectivity index (χ3n) is 8.25. The highest BCUT2D eigenvalue weighted by Gasteiger charge is 2.46. The zero-order valence-electron chi connectivity index (χ0n) is 24.7. The Hall–Kier alpha value is -3.61. The van der Waals surface area contributed by atoms with Crippen molar-refractivity contribution in [1.29, 1.82) is 0 Å². The number of ether oxygens (including phenoxy) is 2. The molecule has 212 valence electrons. The predicted molar refractivity (Wildman–Crippen MR) is 158 cm³/mol. The quantitative estimate of drug-likeness (QED) is 0.353. The fourth-order valence-electron chi connectivity index (χ4n) is 5.74. The van der Waals surface area contributed by atoms with Crippen molar-refractivity contribution in [2.24, 2.45) is 5.41 Å². The van der Waals surface area contributed by atoms with Gasteiger partial charge in [0.05, 0.1) is 5.69 Å². The summed E-state index contributed by atoms with van der Waals surface area (Å²) in [6.07, 6.45) is 3.58. The monoisotopic (exact) mass is 542 g/mol. The van der Waals surface area contributed by atoms with Crippen LogP contribution < -0.4 is 9.64 Å². The normalized spacial score (nSPS) is 19.4. The SMILES string of the molecule is Cc1ccc(C(C)(C)c2ccc(OCc3ccnc(N4CCC5(CCN(C(=O)OC(C)(C)C)C5)C4)n3)cc2)cc1. The van der Waals surface area contributed by atoms with Crippen LogP contribution in [0, 0.1) is 12.3 Å². The van der Waals surface area contributed by atoms with Crippen LogP contribution in [-0.4, -0.2) is 52.7 Å². The van der Waals surface area contributed by atoms with Crippen LogP contribution in [0.4, 0.5) is 10.7 Å². The number of likely N-dealkylation sites (tertiary alicyclic amines) is 1. The van der Waals surface area contributed by atoms with Gasteiger partial charge in [-0.2, -0.15) is 0 Å². The molecule has 2 aliphatic heterocycles. The van der Waals surface area contributed by atoms with E-state index in [0.717, 1.165) is 56.4 Å². The van der Waals surface area contributed by atoms with E-state index in [9.17, 15) is 4.79 Å². The Morgan fingerprint density at radius 2 is 1.55 bits per heavy atom. The van der Waals surface area contributed by atoms with Crippen LogP contribution in [0.25, 0.3) is 0 Å². The van der Waals surface area contributed by atoms with Gasteiger partial charge in [-0.3, -0.25) is 0 Å². The van der Waals surface area contributed by atoms with Crippen molar-refractivity contribution in [3.8, 4) is 5.75 Å². The lowest BCUT2D eigenvalue weighted by atomic mass is 9.78. The summed E-state index contributed by atoms with van der Waals surface area (Å²) < 4.78 is 11.7. The highest BCUT2D eigenvalue weighted by Crippen LogP contribution is 2.41. The molecule has 2 saturated heterocycles. The van der Waals surface area contributed by atoms with Gasteiger partial charge in [-0.15, -0.1) is 0 Å². The molecule has 2 fully saturated rings. The summed E-state index contributed by atoms with van der Waals surface area (Å²) in [5.41, 5.74) is 4.14. The summed E-state index contributed by atoms with van der Waals surface area (Å²) in [5, 5.41) is 0. The number of nitrogens with zero attached hydrogens (tertiary/aromatic N) is 4. The van der Waals surface area contributed by atoms with Gasteiger partial charge in [0.2, 0.25) is 5.95 Å². The number of benzene rings is 2. The molecule has 1 amide bonds. The first-order valence-electron chi connectivity index (χ1n) is 14.3. The second kappa shape index (κ2) is 10.8. The zero-order chi connectivity index (χ0) is 28.5. The predicted octanol–water partition coefficient (Wildman–Crippen LogP) is 6.53. The smallest absolute Gasteiger partial charge is 0.410 e. The molecule has 0 aliphatic carbocycles. The molecule has 0 N–H and O–H groups in total. The summed E-state index contributed by atoms with van der Waals surface area (Å²) in [6.45, 7) is 15.9. The van der Waals surface area contributed by atoms with Crippen molar-refractivity contribution in [1.82, 2.24) is 14.9 Å². The first kappa shape index (κ1) is 27.9. The Labute approximate surface area is 238 Å². The third-order valence-corrected chi connectivity index (χ3v) is 8.25. The van der Waals surface area contributed by atoms with E-state index in [4.69, 9.17) is 14.5 Å². The van der Waals surface area contributed by atoms with E-state index < -0.39 is 5.60 Å². The van der Waals surface area contributed by atoms with E-state index in [1.165, 1.54) is 16.7 Å². The highest BCUT2D eigenvalue weighted by atomic mass is 16.6. The molecule has 1 unspecified atom stereocenters. The second-order valence-electron chi connectivity index (χ2n) is 13.0. The minimum atomic E-state index is -0.481. The Morgan fingerprint density at radius 3 is 2.23 bits per heavy atom. The average Bonchev–Trinajstić information content (AvgIpc) is 3.54. The largest absolute Gasteiger partial charge is 0.487 e. The number of carbonyl (C=O) groups is 1. The summed E-state index contributed by atoms with van der Waals surface area (Å²) >= 11 is 0. The van der Waals surface area contributed by atoms with Gasteiger partial charge in [-0.05, 0) is 69.9 Å². The molecule has 1 atom stereocenters. The maximum Gasteiger partial charge on any atom is 0.410 e. The van der Waals surface area contributed by atoms with E-state index in [-0.39, 0.29) is 16.9 Å². The zero-order valence-corrected chi connectivity index (χ0v) is 24.7. The Morgan fingerprint density at radius 1 is 0.900 bits per heavy atom. The minimum Gasteiger partial charge on any atom is -0.487 e. The summed E-state index contributed by atoms with van der Waals surface area (Å²) in [5.74, 6) is 1.54. The van der Waals surface area contributed by atoms with Gasteiger partial charge in [0.25, 0.3) is 0 Å². The number of rotatable bonds is 6. The molecule has 1 aromatic heterocycles. The van der Waals surface area contributed by atoms with Crippen molar-refractivity contribution in [3.05, 3.63) is 83.2 Å². The maximum absolute atomic E-state index is 12.6. The molecular formula is C33H42N4O3. The van der Waals surface area contributed by atoms with Crippen molar-refractivity contribution in [2.75, 3.05) is 31.1 Å². The molecule has 2 aliphatic rings. The van der Waals surface area contributed by atoms with Crippen molar-refractivity contribution < 1.29 is 14.3 Å². The van der Waals surface area contributed by atoms with Crippen molar-refractivity contribution in [3.63, 3.8) is 0 Å². The fraction of sp³-hybridized carbons (Fsp3) is 0.485. The number of carbonyl (C=O) groups excluding carboxylic acids is 1. The molecule has 3 aromatic rings. The lowest BCUT2D eigenvalue weighted by molar-refractivity contribution is 0.0276. The maximum atomic E-state index is 12.6. The molecule has 0 saturated carbocycles. The lowest BCUT2D eigenvalue weighted by Gasteiger charge is -2.27. The van der Waals surface area contributed by atoms with Gasteiger partial charge in [0.1, 0.15) is 18.0 Å². The van der Waals surface area contributed by atoms with Gasteiger partial charge in [-0.1, -0.05) is 55.8 Å². The van der Waals surface area contributed by atoms with E-state index in [1.807, 2.05) is 43.9 Å². The molecule has 7 heteroatoms. The van der Waals surface area contributed by atoms with Crippen molar-refractivity contribution in [2.45, 2.75) is 72.0 Å². The van der Waals surface area contributed by atoms with Gasteiger partial charge in [0.15, 0.2) is 0 Å². The first-order valence-corrected chi connectivity index (χ1v) is 14.3. The van der Waals surface area contributed by atoms with Crippen LogP contribution in [0.15, 0.2) is 60.8 Å². The Bertz CT molecular complexity index is 1330. The number of aryl methyl sites for hydroxylation is 1. The van der Waals surface area contributed by atoms with Gasteiger partial charge < -0.3 is 19.3 Å². The highest BCUT2D eigenvalue weighted by molar-refractivity contribution is 5.68. The Balaban J connectivity index is 1.17. The van der Waals surface area contributed by atoms with Crippen LogP contribution in [0.3, 0.4) is 0 Å². The van der Waals surface area contributed by atoms with Crippen LogP contribution in [0.2, 0.25) is 0 Å². The van der Waals surface area contributed by atoms with E-state index in [0.29, 0.717) is 6.61 Å². The Kier molecular flexibility index (Phi) is 7.51. The first-order chi connectivity index (χ1) is 18.9. The molecule has 0 bridgehead atoms. The van der Waals surface area contributed by atoms with Crippen molar-refractivity contribution >= 4 is 12.0 Å². The molecule has 7 nitrogen and oxygen atoms in total. The second-order valence-corrected chi connectivity index (χ2v) is 13.0. The standard InChI is InChI=1S/C33H42N4O3/c1-24-7-9-25(10-8-24)32(5,6)26-11-13-28(14-12-26)39-21-27-15-18-34-29(35-27)36-19-16-33(22-36)17-20-37(23-33)30(38)40-31(2,3)4/h7-15,18H,16-17,19-23H2,1-6H3. The lowest BCUT2D eigenvalue weighted by Crippen LogP contribution is -2.37. The number of amides is 1. The van der Waals surface area contributed by atoms with E-state index >= 15 is 0 Å². The molecule has 40 heavy (non-hydrogen) atoms. The van der Waals surface area contributed by atoms with E-state index in [2.05, 4.69) is 67.1 Å². The molecule has 0 radical (unpaired) electrons. The van der Waals surface area contributed by atoms with Gasteiger partial charge >= 0.3 is 6.09 Å². The summed E-state index contributed by atoms with van der Waals surface area (Å²) in [4.78, 5) is 26.1. The van der Waals surface area contributed by atoms with Crippen LogP contribution in [0.5, 0.6) is 5.75 Å². The average molecular weight is 543 g/mol. The molecular weight excluding hydrogens is 500 g/mol. The van der Waals surface area contributed by atoms with Crippen LogP contribution in [0.1, 0.15) is 69.8 Å². The summed E-state index contributed by atoms with van der Waals surface area (Å²) in [7, 11) is 0. The topological polar surface area (TPSA) is 67.8 Å². The molecule has 5 rings (SSSR count). The molecule has 1 spiro atoms. The number of hydrogen-bond acceptors (Lipinski definition) is 6. The molecule has 2 aromatic carbocycles. The van der Waals surface area contributed by atoms with Crippen LogP contribution in [-0.2, 0) is 16.8 Å². The molecule has 3 heterocycles. The number of anilines is 1. The van der Waals surface area contributed by atoms with Gasteiger partial charge in [-0.25, -0.2) is 14.8 Å². The van der Waals surface area contributed by atoms with E-state index in [1.54, 1.807) is 6.20 Å². The van der Waals surface area contributed by atoms with Crippen LogP contribution >= 0.6 is 0 Å². The third kappa shape index (κ3) is 6.24. The minimum absolute atomic E-state index is 0.0703.